The maximum absolute atomic E-state index is 13.3. The standard InChI is InChI=1S/C17H28F2O3.C11H17F2N.C2HF3O.CH4/c1-12(20)5-6-14(11-15(21)22-16(2,3)4)13-7-9-17(18,19)10-8-13;1-8-2-3-10(14-8)9-4-6-11(12,13)7-5-9;3-2(4,5)1-6;/h13-14H,5-11H2,1-4H3;9-10H,2-7H2,1H3;1H;1H4/t14-;10-;;/m10../s1. The van der Waals surface area contributed by atoms with Crippen molar-refractivity contribution in [2.24, 2.45) is 22.7 Å². The van der Waals surface area contributed by atoms with Crippen molar-refractivity contribution in [2.45, 2.75) is 155 Å². The summed E-state index contributed by atoms with van der Waals surface area (Å²) in [7, 11) is 0. The number of Topliss-reactive ketones (excluding diaryl/α,β-unsaturated/α-hetero) is 1. The summed E-state index contributed by atoms with van der Waals surface area (Å²) in [5.74, 6) is -4.76. The van der Waals surface area contributed by atoms with E-state index in [1.54, 1.807) is 20.8 Å². The Balaban J connectivity index is 0.000000714. The van der Waals surface area contributed by atoms with Gasteiger partial charge in [0.2, 0.25) is 18.1 Å². The van der Waals surface area contributed by atoms with Gasteiger partial charge in [0.1, 0.15) is 11.4 Å². The van der Waals surface area contributed by atoms with Gasteiger partial charge in [0.05, 0.1) is 6.04 Å². The van der Waals surface area contributed by atoms with E-state index in [0.717, 1.165) is 12.8 Å². The summed E-state index contributed by atoms with van der Waals surface area (Å²) in [5.41, 5.74) is 0.647. The molecule has 3 aliphatic rings. The molecule has 0 aromatic heterocycles. The summed E-state index contributed by atoms with van der Waals surface area (Å²) in [6, 6.07) is 0.353. The summed E-state index contributed by atoms with van der Waals surface area (Å²) in [6.07, 6.45) is -0.325. The SMILES string of the molecule is C.CC(=O)CC[C@H](CC(=O)OC(C)(C)C)C1CCC(F)(F)CC1.CC1=N[C@H](C2CCC(F)(F)CC2)CC1.O=CC(F)(F)F. The Labute approximate surface area is 251 Å². The van der Waals surface area contributed by atoms with Crippen molar-refractivity contribution in [1.29, 1.82) is 0 Å². The van der Waals surface area contributed by atoms with Crippen LogP contribution in [0.15, 0.2) is 4.99 Å². The molecule has 0 bridgehead atoms. The van der Waals surface area contributed by atoms with Crippen molar-refractivity contribution < 1.29 is 49.9 Å². The van der Waals surface area contributed by atoms with Crippen LogP contribution in [0.5, 0.6) is 0 Å². The van der Waals surface area contributed by atoms with Crippen LogP contribution >= 0.6 is 0 Å². The maximum atomic E-state index is 13.3. The lowest BCUT2D eigenvalue weighted by atomic mass is 9.75. The Morgan fingerprint density at radius 1 is 0.953 bits per heavy atom. The van der Waals surface area contributed by atoms with Gasteiger partial charge in [0.15, 0.2) is 0 Å². The van der Waals surface area contributed by atoms with Gasteiger partial charge in [-0.25, -0.2) is 17.6 Å². The molecule has 12 heteroatoms. The molecule has 2 saturated carbocycles. The molecule has 252 valence electrons. The van der Waals surface area contributed by atoms with Gasteiger partial charge in [-0.2, -0.15) is 13.2 Å². The molecular formula is C31H50F7NO4. The number of nitrogens with zero attached hydrogens (tertiary/aromatic N) is 1. The molecule has 2 fully saturated rings. The van der Waals surface area contributed by atoms with E-state index in [9.17, 15) is 40.3 Å². The zero-order valence-electron chi connectivity index (χ0n) is 25.3. The Morgan fingerprint density at radius 3 is 1.79 bits per heavy atom. The largest absolute Gasteiger partial charge is 0.460 e. The molecular weight excluding hydrogens is 583 g/mol. The van der Waals surface area contributed by atoms with Gasteiger partial charge in [-0.15, -0.1) is 0 Å². The molecule has 0 amide bonds. The molecule has 0 radical (unpaired) electrons. The molecule has 0 unspecified atom stereocenters. The van der Waals surface area contributed by atoms with Crippen LogP contribution in [-0.4, -0.2) is 53.4 Å². The van der Waals surface area contributed by atoms with E-state index in [1.165, 1.54) is 12.6 Å². The van der Waals surface area contributed by atoms with Gasteiger partial charge in [-0.05, 0) is 97.3 Å². The molecule has 3 rings (SSSR count). The van der Waals surface area contributed by atoms with E-state index in [0.29, 0.717) is 50.5 Å². The van der Waals surface area contributed by atoms with Crippen molar-refractivity contribution in [3.63, 3.8) is 0 Å². The summed E-state index contributed by atoms with van der Waals surface area (Å²) >= 11 is 0. The number of hydrogen-bond donors (Lipinski definition) is 0. The van der Waals surface area contributed by atoms with Crippen LogP contribution < -0.4 is 0 Å². The number of ketones is 1. The van der Waals surface area contributed by atoms with Crippen LogP contribution in [0, 0.1) is 17.8 Å². The number of carbonyl (C=O) groups excluding carboxylic acids is 3. The molecule has 1 heterocycles. The molecule has 0 spiro atoms. The molecule has 2 atom stereocenters. The molecule has 2 aliphatic carbocycles. The van der Waals surface area contributed by atoms with E-state index in [-0.39, 0.29) is 63.1 Å². The smallest absolute Gasteiger partial charge is 0.446 e. The Bertz CT molecular complexity index is 893. The summed E-state index contributed by atoms with van der Waals surface area (Å²) in [6.45, 7) is 8.96. The van der Waals surface area contributed by atoms with E-state index in [1.807, 2.05) is 6.92 Å². The van der Waals surface area contributed by atoms with E-state index < -0.39 is 29.9 Å². The fraction of sp³-hybridized carbons (Fsp3) is 0.871. The Hall–Kier alpha value is -2.01. The highest BCUT2D eigenvalue weighted by molar-refractivity contribution is 5.83. The predicted molar refractivity (Wildman–Crippen MR) is 153 cm³/mol. The maximum Gasteiger partial charge on any atom is 0.446 e. The second kappa shape index (κ2) is 17.5. The highest BCUT2D eigenvalue weighted by atomic mass is 19.4. The van der Waals surface area contributed by atoms with Crippen LogP contribution in [-0.2, 0) is 19.1 Å². The lowest BCUT2D eigenvalue weighted by Crippen LogP contribution is -2.31. The molecule has 0 aromatic carbocycles. The first-order chi connectivity index (χ1) is 19.1. The minimum absolute atomic E-state index is 0. The van der Waals surface area contributed by atoms with Crippen molar-refractivity contribution in [2.75, 3.05) is 0 Å². The summed E-state index contributed by atoms with van der Waals surface area (Å²) < 4.78 is 89.0. The highest BCUT2D eigenvalue weighted by Gasteiger charge is 2.39. The average Bonchev–Trinajstić information content (AvgIpc) is 3.27. The first kappa shape index (κ1) is 41.0. The van der Waals surface area contributed by atoms with Crippen molar-refractivity contribution in [3.05, 3.63) is 0 Å². The van der Waals surface area contributed by atoms with E-state index in [4.69, 9.17) is 9.53 Å². The third kappa shape index (κ3) is 18.4. The fourth-order valence-electron chi connectivity index (χ4n) is 5.58. The lowest BCUT2D eigenvalue weighted by Gasteiger charge is -2.34. The van der Waals surface area contributed by atoms with Crippen LogP contribution in [0.2, 0.25) is 0 Å². The number of hydrogen-bond acceptors (Lipinski definition) is 5. The monoisotopic (exact) mass is 633 g/mol. The van der Waals surface area contributed by atoms with Crippen molar-refractivity contribution in [1.82, 2.24) is 0 Å². The van der Waals surface area contributed by atoms with Crippen LogP contribution in [0.3, 0.4) is 0 Å². The van der Waals surface area contributed by atoms with E-state index in [2.05, 4.69) is 4.99 Å². The second-order valence-corrected chi connectivity index (χ2v) is 12.8. The number of carbonyl (C=O) groups is 3. The minimum atomic E-state index is -4.64. The highest BCUT2D eigenvalue weighted by Crippen LogP contribution is 2.42. The number of rotatable bonds is 7. The number of halogens is 7. The zero-order chi connectivity index (χ0) is 32.4. The van der Waals surface area contributed by atoms with Crippen LogP contribution in [0.1, 0.15) is 126 Å². The van der Waals surface area contributed by atoms with Gasteiger partial charge in [0, 0.05) is 44.2 Å². The quantitative estimate of drug-likeness (QED) is 0.159. The summed E-state index contributed by atoms with van der Waals surface area (Å²) in [4.78, 5) is 36.5. The molecule has 5 nitrogen and oxygen atoms in total. The van der Waals surface area contributed by atoms with Gasteiger partial charge in [-0.1, -0.05) is 7.43 Å². The lowest BCUT2D eigenvalue weighted by molar-refractivity contribution is -0.157. The third-order valence-corrected chi connectivity index (χ3v) is 7.77. The van der Waals surface area contributed by atoms with E-state index >= 15 is 0 Å². The Kier molecular flexibility index (Phi) is 16.7. The second-order valence-electron chi connectivity index (χ2n) is 12.8. The third-order valence-electron chi connectivity index (χ3n) is 7.77. The molecule has 0 saturated heterocycles. The first-order valence-corrected chi connectivity index (χ1v) is 14.6. The number of alkyl halides is 7. The van der Waals surface area contributed by atoms with Gasteiger partial charge < -0.3 is 9.53 Å². The van der Waals surface area contributed by atoms with Crippen molar-refractivity contribution in [3.8, 4) is 0 Å². The molecule has 0 aromatic rings. The fourth-order valence-corrected chi connectivity index (χ4v) is 5.58. The van der Waals surface area contributed by atoms with Gasteiger partial charge in [0.25, 0.3) is 0 Å². The van der Waals surface area contributed by atoms with Crippen LogP contribution in [0.25, 0.3) is 0 Å². The minimum Gasteiger partial charge on any atom is -0.460 e. The zero-order valence-corrected chi connectivity index (χ0v) is 25.3. The molecule has 1 aliphatic heterocycles. The van der Waals surface area contributed by atoms with Gasteiger partial charge >= 0.3 is 12.1 Å². The number of aldehydes is 1. The molecule has 43 heavy (non-hydrogen) atoms. The van der Waals surface area contributed by atoms with Crippen molar-refractivity contribution >= 4 is 23.8 Å². The first-order valence-electron chi connectivity index (χ1n) is 14.6. The predicted octanol–water partition coefficient (Wildman–Crippen LogP) is 9.35. The number of ether oxygens (including phenoxy) is 1. The summed E-state index contributed by atoms with van der Waals surface area (Å²) in [5, 5.41) is 0. The normalized spacial score (nSPS) is 22.8. The Morgan fingerprint density at radius 2 is 1.42 bits per heavy atom. The number of esters is 1. The molecule has 0 N–H and O–H groups in total. The number of aliphatic imine (C=N–C) groups is 1. The van der Waals surface area contributed by atoms with Gasteiger partial charge in [-0.3, -0.25) is 14.6 Å². The average molecular weight is 634 g/mol. The topological polar surface area (TPSA) is 72.8 Å². The van der Waals surface area contributed by atoms with Crippen LogP contribution in [0.4, 0.5) is 30.7 Å².